The average Bonchev–Trinajstić information content (AvgIpc) is 2.91. The molecule has 1 N–H and O–H groups in total. The molecule has 108 valence electrons. The summed E-state index contributed by atoms with van der Waals surface area (Å²) in [4.78, 5) is 23.5. The fourth-order valence-corrected chi connectivity index (χ4v) is 3.58. The molecule has 0 aliphatic rings. The van der Waals surface area contributed by atoms with E-state index < -0.39 is 10.9 Å². The van der Waals surface area contributed by atoms with Crippen molar-refractivity contribution in [1.29, 1.82) is 0 Å². The van der Waals surface area contributed by atoms with E-state index >= 15 is 0 Å². The van der Waals surface area contributed by atoms with Crippen LogP contribution in [0, 0.1) is 10.1 Å². The minimum Gasteiger partial charge on any atom is -0.478 e. The summed E-state index contributed by atoms with van der Waals surface area (Å²) < 4.78 is 0. The maximum atomic E-state index is 10.9. The SMILES string of the molecule is O=C(O)C=Cc1ccc(CSc2ccccc2[N+](=O)[O-])s1. The van der Waals surface area contributed by atoms with Crippen molar-refractivity contribution < 1.29 is 14.8 Å². The topological polar surface area (TPSA) is 80.4 Å². The van der Waals surface area contributed by atoms with Crippen LogP contribution < -0.4 is 0 Å². The second-order valence-electron chi connectivity index (χ2n) is 3.99. The van der Waals surface area contributed by atoms with Gasteiger partial charge >= 0.3 is 5.97 Å². The maximum absolute atomic E-state index is 10.9. The molecule has 1 heterocycles. The Kier molecular flexibility index (Phi) is 5.13. The van der Waals surface area contributed by atoms with Gasteiger partial charge in [-0.15, -0.1) is 23.1 Å². The molecule has 0 atom stereocenters. The molecule has 0 fully saturated rings. The van der Waals surface area contributed by atoms with Gasteiger partial charge in [-0.05, 0) is 24.3 Å². The summed E-state index contributed by atoms with van der Waals surface area (Å²) in [6, 6.07) is 10.3. The van der Waals surface area contributed by atoms with Crippen molar-refractivity contribution in [2.24, 2.45) is 0 Å². The van der Waals surface area contributed by atoms with Crippen LogP contribution >= 0.6 is 23.1 Å². The second-order valence-corrected chi connectivity index (χ2v) is 6.21. The zero-order valence-electron chi connectivity index (χ0n) is 10.8. The molecule has 0 spiro atoms. The van der Waals surface area contributed by atoms with Crippen LogP contribution in [0.5, 0.6) is 0 Å². The smallest absolute Gasteiger partial charge is 0.328 e. The Morgan fingerprint density at radius 2 is 2.10 bits per heavy atom. The zero-order chi connectivity index (χ0) is 15.2. The first kappa shape index (κ1) is 15.3. The number of hydrogen-bond acceptors (Lipinski definition) is 5. The molecular formula is C14H11NO4S2. The molecule has 2 rings (SSSR count). The molecule has 0 saturated carbocycles. The number of rotatable bonds is 6. The molecule has 0 aliphatic heterocycles. The van der Waals surface area contributed by atoms with Gasteiger partial charge in [0.05, 0.1) is 9.82 Å². The molecule has 1 aromatic heterocycles. The number of para-hydroxylation sites is 1. The number of thioether (sulfide) groups is 1. The molecule has 0 radical (unpaired) electrons. The third-order valence-corrected chi connectivity index (χ3v) is 4.85. The first-order chi connectivity index (χ1) is 10.1. The number of nitro benzene ring substituents is 1. The van der Waals surface area contributed by atoms with Gasteiger partial charge in [-0.25, -0.2) is 4.79 Å². The number of nitrogens with zero attached hydrogens (tertiary/aromatic N) is 1. The van der Waals surface area contributed by atoms with E-state index in [0.717, 1.165) is 15.8 Å². The van der Waals surface area contributed by atoms with Crippen LogP contribution in [0.4, 0.5) is 5.69 Å². The maximum Gasteiger partial charge on any atom is 0.328 e. The van der Waals surface area contributed by atoms with Crippen molar-refractivity contribution in [3.8, 4) is 0 Å². The Hall–Kier alpha value is -2.12. The van der Waals surface area contributed by atoms with Crippen LogP contribution in [0.1, 0.15) is 9.75 Å². The minimum absolute atomic E-state index is 0.102. The highest BCUT2D eigenvalue weighted by Crippen LogP contribution is 2.33. The van der Waals surface area contributed by atoms with E-state index in [1.54, 1.807) is 18.2 Å². The van der Waals surface area contributed by atoms with Crippen LogP contribution in [-0.2, 0) is 10.5 Å². The molecule has 21 heavy (non-hydrogen) atoms. The second kappa shape index (κ2) is 7.05. The molecular weight excluding hydrogens is 310 g/mol. The Bertz CT molecular complexity index is 694. The van der Waals surface area contributed by atoms with Crippen LogP contribution in [0.3, 0.4) is 0 Å². The number of carboxylic acid groups (broad SMARTS) is 1. The average molecular weight is 321 g/mol. The van der Waals surface area contributed by atoms with Gasteiger partial charge in [0, 0.05) is 27.6 Å². The van der Waals surface area contributed by atoms with Gasteiger partial charge < -0.3 is 5.11 Å². The molecule has 0 saturated heterocycles. The van der Waals surface area contributed by atoms with Gasteiger partial charge in [0.25, 0.3) is 5.69 Å². The van der Waals surface area contributed by atoms with Gasteiger partial charge in [0.15, 0.2) is 0 Å². The first-order valence-electron chi connectivity index (χ1n) is 5.92. The lowest BCUT2D eigenvalue weighted by Crippen LogP contribution is -1.90. The Morgan fingerprint density at radius 3 is 2.81 bits per heavy atom. The van der Waals surface area contributed by atoms with E-state index in [4.69, 9.17) is 5.11 Å². The molecule has 0 unspecified atom stereocenters. The molecule has 0 bridgehead atoms. The van der Waals surface area contributed by atoms with Crippen LogP contribution in [-0.4, -0.2) is 16.0 Å². The number of aliphatic carboxylic acids is 1. The minimum atomic E-state index is -0.987. The van der Waals surface area contributed by atoms with E-state index in [9.17, 15) is 14.9 Å². The number of carbonyl (C=O) groups is 1. The summed E-state index contributed by atoms with van der Waals surface area (Å²) in [6.07, 6.45) is 2.62. The van der Waals surface area contributed by atoms with Gasteiger partial charge in [-0.2, -0.15) is 0 Å². The lowest BCUT2D eigenvalue weighted by Gasteiger charge is -2.00. The lowest BCUT2D eigenvalue weighted by atomic mass is 10.3. The number of carboxylic acids is 1. The first-order valence-corrected chi connectivity index (χ1v) is 7.72. The normalized spacial score (nSPS) is 10.9. The largest absolute Gasteiger partial charge is 0.478 e. The Morgan fingerprint density at radius 1 is 1.33 bits per heavy atom. The van der Waals surface area contributed by atoms with Crippen LogP contribution in [0.2, 0.25) is 0 Å². The summed E-state index contributed by atoms with van der Waals surface area (Å²) in [6.45, 7) is 0. The number of hydrogen-bond donors (Lipinski definition) is 1. The molecule has 0 amide bonds. The summed E-state index contributed by atoms with van der Waals surface area (Å²) in [5, 5.41) is 19.5. The summed E-state index contributed by atoms with van der Waals surface area (Å²) in [5.41, 5.74) is 0.102. The van der Waals surface area contributed by atoms with Crippen molar-refractivity contribution in [3.63, 3.8) is 0 Å². The zero-order valence-corrected chi connectivity index (χ0v) is 12.4. The van der Waals surface area contributed by atoms with Crippen molar-refractivity contribution in [2.45, 2.75) is 10.6 Å². The fraction of sp³-hybridized carbons (Fsp3) is 0.0714. The van der Waals surface area contributed by atoms with E-state index in [-0.39, 0.29) is 5.69 Å². The molecule has 0 aliphatic carbocycles. The van der Waals surface area contributed by atoms with Crippen LogP contribution in [0.15, 0.2) is 47.4 Å². The van der Waals surface area contributed by atoms with Gasteiger partial charge in [0.2, 0.25) is 0 Å². The fourth-order valence-electron chi connectivity index (χ4n) is 1.59. The van der Waals surface area contributed by atoms with Crippen molar-refractivity contribution >= 4 is 40.8 Å². The highest BCUT2D eigenvalue weighted by atomic mass is 32.2. The van der Waals surface area contributed by atoms with E-state index in [0.29, 0.717) is 10.6 Å². The van der Waals surface area contributed by atoms with Crippen LogP contribution in [0.25, 0.3) is 6.08 Å². The Balaban J connectivity index is 2.04. The summed E-state index contributed by atoms with van der Waals surface area (Å²) in [7, 11) is 0. The summed E-state index contributed by atoms with van der Waals surface area (Å²) >= 11 is 2.86. The van der Waals surface area contributed by atoms with Gasteiger partial charge in [-0.3, -0.25) is 10.1 Å². The third-order valence-electron chi connectivity index (χ3n) is 2.50. The molecule has 5 nitrogen and oxygen atoms in total. The molecule has 2 aromatic rings. The number of thiophene rings is 1. The molecule has 1 aromatic carbocycles. The predicted octanol–water partition coefficient (Wildman–Crippen LogP) is 4.05. The van der Waals surface area contributed by atoms with Gasteiger partial charge in [-0.1, -0.05) is 12.1 Å². The van der Waals surface area contributed by atoms with E-state index in [1.165, 1.54) is 35.2 Å². The quantitative estimate of drug-likeness (QED) is 0.376. The highest BCUT2D eigenvalue weighted by molar-refractivity contribution is 7.98. The van der Waals surface area contributed by atoms with Gasteiger partial charge in [0.1, 0.15) is 0 Å². The highest BCUT2D eigenvalue weighted by Gasteiger charge is 2.12. The predicted molar refractivity (Wildman–Crippen MR) is 83.6 cm³/mol. The number of benzene rings is 1. The summed E-state index contributed by atoms with van der Waals surface area (Å²) in [5.74, 6) is -0.379. The molecule has 7 heteroatoms. The van der Waals surface area contributed by atoms with Crippen molar-refractivity contribution in [1.82, 2.24) is 0 Å². The number of nitro groups is 1. The monoisotopic (exact) mass is 321 g/mol. The van der Waals surface area contributed by atoms with E-state index in [2.05, 4.69) is 0 Å². The lowest BCUT2D eigenvalue weighted by molar-refractivity contribution is -0.387. The van der Waals surface area contributed by atoms with E-state index in [1.807, 2.05) is 12.1 Å². The standard InChI is InChI=1S/C14H11NO4S2/c16-14(17)8-7-10-5-6-11(21-10)9-20-13-4-2-1-3-12(13)15(18)19/h1-8H,9H2,(H,16,17). The van der Waals surface area contributed by atoms with Crippen molar-refractivity contribution in [3.05, 3.63) is 62.3 Å². The Labute approximate surface area is 129 Å². The third kappa shape index (κ3) is 4.44. The van der Waals surface area contributed by atoms with Crippen molar-refractivity contribution in [2.75, 3.05) is 0 Å².